The van der Waals surface area contributed by atoms with Crippen molar-refractivity contribution >= 4 is 34.2 Å². The van der Waals surface area contributed by atoms with Gasteiger partial charge in [0.2, 0.25) is 0 Å². The van der Waals surface area contributed by atoms with Crippen LogP contribution in [-0.4, -0.2) is 21.8 Å². The van der Waals surface area contributed by atoms with Crippen LogP contribution in [0.2, 0.25) is 0 Å². The van der Waals surface area contributed by atoms with Gasteiger partial charge < -0.3 is 10.6 Å². The number of aromatic nitrogens is 1. The molecule has 30 heavy (non-hydrogen) atoms. The second-order valence-electron chi connectivity index (χ2n) is 6.78. The van der Waals surface area contributed by atoms with Crippen molar-refractivity contribution in [1.29, 1.82) is 0 Å². The smallest absolute Gasteiger partial charge is 0.255 e. The fourth-order valence-corrected chi connectivity index (χ4v) is 3.95. The predicted molar refractivity (Wildman–Crippen MR) is 116 cm³/mol. The number of pyridine rings is 1. The summed E-state index contributed by atoms with van der Waals surface area (Å²) >= 11 is 1.59. The number of nitrogens with one attached hydrogen (secondary N) is 2. The summed E-state index contributed by atoms with van der Waals surface area (Å²) in [4.78, 5) is 21.4. The summed E-state index contributed by atoms with van der Waals surface area (Å²) in [6, 6.07) is 12.1. The minimum absolute atomic E-state index is 0.0273. The summed E-state index contributed by atoms with van der Waals surface area (Å²) in [5.41, 5.74) is 2.99. The Morgan fingerprint density at radius 3 is 2.77 bits per heavy atom. The summed E-state index contributed by atoms with van der Waals surface area (Å²) in [5.74, 6) is -1.21. The highest BCUT2D eigenvalue weighted by Crippen LogP contribution is 2.31. The van der Waals surface area contributed by atoms with E-state index in [1.165, 1.54) is 6.07 Å². The van der Waals surface area contributed by atoms with Gasteiger partial charge in [0, 0.05) is 35.5 Å². The zero-order chi connectivity index (χ0) is 21.1. The molecule has 0 bridgehead atoms. The Bertz CT molecular complexity index is 1120. The highest BCUT2D eigenvalue weighted by molar-refractivity contribution is 8.14. The molecule has 5 nitrogen and oxygen atoms in total. The lowest BCUT2D eigenvalue weighted by Gasteiger charge is -2.12. The summed E-state index contributed by atoms with van der Waals surface area (Å²) < 4.78 is 26.9. The first-order valence-electron chi connectivity index (χ1n) is 9.24. The first-order valence-corrected chi connectivity index (χ1v) is 10.2. The third-order valence-electron chi connectivity index (χ3n) is 4.64. The van der Waals surface area contributed by atoms with Crippen LogP contribution in [0.25, 0.3) is 0 Å². The minimum atomic E-state index is -0.827. The molecule has 0 fully saturated rings. The average molecular weight is 424 g/mol. The maximum absolute atomic E-state index is 13.8. The first-order chi connectivity index (χ1) is 14.5. The number of thioether (sulfide) groups is 1. The molecule has 1 aromatic heterocycles. The molecular weight excluding hydrogens is 406 g/mol. The van der Waals surface area contributed by atoms with Crippen LogP contribution in [0.15, 0.2) is 65.9 Å². The van der Waals surface area contributed by atoms with E-state index in [0.29, 0.717) is 5.56 Å². The maximum atomic E-state index is 13.8. The normalized spacial score (nSPS) is 15.6. The van der Waals surface area contributed by atoms with E-state index in [1.807, 2.05) is 25.3 Å². The molecule has 2 N–H and O–H groups in total. The lowest BCUT2D eigenvalue weighted by atomic mass is 10.1. The monoisotopic (exact) mass is 424 g/mol. The Hall–Kier alpha value is -3.26. The Morgan fingerprint density at radius 2 is 2.00 bits per heavy atom. The van der Waals surface area contributed by atoms with Crippen molar-refractivity contribution in [3.8, 4) is 0 Å². The topological polar surface area (TPSA) is 66.4 Å². The number of amidine groups is 1. The van der Waals surface area contributed by atoms with E-state index in [2.05, 4.69) is 15.6 Å². The number of benzene rings is 2. The molecule has 8 heteroatoms. The zero-order valence-corrected chi connectivity index (χ0v) is 16.8. The molecule has 0 aliphatic carbocycles. The van der Waals surface area contributed by atoms with E-state index in [1.54, 1.807) is 36.2 Å². The van der Waals surface area contributed by atoms with Crippen LogP contribution < -0.4 is 10.6 Å². The van der Waals surface area contributed by atoms with Gasteiger partial charge in [0.15, 0.2) is 5.17 Å². The molecule has 1 aliphatic rings. The molecule has 1 unspecified atom stereocenters. The summed E-state index contributed by atoms with van der Waals surface area (Å²) in [6.07, 6.45) is 3.54. The third kappa shape index (κ3) is 4.49. The number of carbonyl (C=O) groups is 1. The SMILES string of the molecule is Cc1ccc(C(=O)Nc2ccc(F)cc2F)cc1NC1=NC(c2cccnc2)CS1. The molecule has 1 amide bonds. The van der Waals surface area contributed by atoms with Crippen LogP contribution in [-0.2, 0) is 0 Å². The van der Waals surface area contributed by atoms with E-state index >= 15 is 0 Å². The predicted octanol–water partition coefficient (Wildman–Crippen LogP) is 5.18. The Morgan fingerprint density at radius 1 is 1.13 bits per heavy atom. The van der Waals surface area contributed by atoms with Crippen molar-refractivity contribution in [1.82, 2.24) is 4.98 Å². The molecular formula is C22H18F2N4OS. The number of hydrogen-bond donors (Lipinski definition) is 2. The van der Waals surface area contributed by atoms with Gasteiger partial charge in [-0.3, -0.25) is 14.8 Å². The Labute approximate surface area is 176 Å². The molecule has 0 radical (unpaired) electrons. The largest absolute Gasteiger partial charge is 0.335 e. The second-order valence-corrected chi connectivity index (χ2v) is 7.79. The molecule has 1 aliphatic heterocycles. The number of anilines is 2. The summed E-state index contributed by atoms with van der Waals surface area (Å²) in [5, 5.41) is 6.51. The molecule has 0 saturated heterocycles. The van der Waals surface area contributed by atoms with Gasteiger partial charge in [-0.2, -0.15) is 0 Å². The quantitative estimate of drug-likeness (QED) is 0.606. The Kier molecular flexibility index (Phi) is 5.76. The number of amides is 1. The summed E-state index contributed by atoms with van der Waals surface area (Å²) in [7, 11) is 0. The maximum Gasteiger partial charge on any atom is 0.255 e. The zero-order valence-electron chi connectivity index (χ0n) is 16.0. The van der Waals surface area contributed by atoms with E-state index in [9.17, 15) is 13.6 Å². The minimum Gasteiger partial charge on any atom is -0.335 e. The van der Waals surface area contributed by atoms with E-state index in [4.69, 9.17) is 4.99 Å². The Balaban J connectivity index is 1.50. The number of rotatable bonds is 4. The van der Waals surface area contributed by atoms with Crippen molar-refractivity contribution < 1.29 is 13.6 Å². The van der Waals surface area contributed by atoms with Crippen molar-refractivity contribution in [3.63, 3.8) is 0 Å². The van der Waals surface area contributed by atoms with Gasteiger partial charge >= 0.3 is 0 Å². The van der Waals surface area contributed by atoms with Crippen LogP contribution >= 0.6 is 11.8 Å². The van der Waals surface area contributed by atoms with Crippen LogP contribution in [0.4, 0.5) is 20.2 Å². The molecule has 0 spiro atoms. The van der Waals surface area contributed by atoms with Crippen LogP contribution in [0.3, 0.4) is 0 Å². The third-order valence-corrected chi connectivity index (χ3v) is 5.60. The number of carbonyl (C=O) groups excluding carboxylic acids is 1. The van der Waals surface area contributed by atoms with Crippen molar-refractivity contribution in [3.05, 3.63) is 89.2 Å². The highest BCUT2D eigenvalue weighted by Gasteiger charge is 2.21. The van der Waals surface area contributed by atoms with Crippen molar-refractivity contribution in [2.24, 2.45) is 4.99 Å². The number of aliphatic imine (C=N–C) groups is 1. The second kappa shape index (κ2) is 8.62. The van der Waals surface area contributed by atoms with E-state index < -0.39 is 17.5 Å². The van der Waals surface area contributed by atoms with Crippen LogP contribution in [0, 0.1) is 18.6 Å². The molecule has 4 rings (SSSR count). The number of nitrogens with zero attached hydrogens (tertiary/aromatic N) is 2. The highest BCUT2D eigenvalue weighted by atomic mass is 32.2. The van der Waals surface area contributed by atoms with E-state index in [-0.39, 0.29) is 11.7 Å². The average Bonchev–Trinajstić information content (AvgIpc) is 3.21. The molecule has 2 heterocycles. The number of aryl methyl sites for hydroxylation is 1. The molecule has 2 aromatic carbocycles. The van der Waals surface area contributed by atoms with Crippen LogP contribution in [0.1, 0.15) is 27.5 Å². The van der Waals surface area contributed by atoms with Gasteiger partial charge in [-0.15, -0.1) is 0 Å². The van der Waals surface area contributed by atoms with Gasteiger partial charge in [0.1, 0.15) is 11.6 Å². The number of hydrogen-bond acceptors (Lipinski definition) is 5. The van der Waals surface area contributed by atoms with Gasteiger partial charge in [0.05, 0.1) is 11.7 Å². The fraction of sp³-hybridized carbons (Fsp3) is 0.136. The van der Waals surface area contributed by atoms with Gasteiger partial charge in [-0.1, -0.05) is 23.9 Å². The van der Waals surface area contributed by atoms with Crippen molar-refractivity contribution in [2.75, 3.05) is 16.4 Å². The summed E-state index contributed by atoms with van der Waals surface area (Å²) in [6.45, 7) is 1.92. The fourth-order valence-electron chi connectivity index (χ4n) is 2.98. The standard InChI is InChI=1S/C22H18F2N4OS/c1-13-4-5-14(21(29)26-18-7-6-16(23)10-17(18)24)9-19(13)27-22-28-20(12-30-22)15-3-2-8-25-11-15/h2-11,20H,12H2,1H3,(H,26,29)(H,27,28). The van der Waals surface area contributed by atoms with Gasteiger partial charge in [-0.25, -0.2) is 8.78 Å². The van der Waals surface area contributed by atoms with Crippen molar-refractivity contribution in [2.45, 2.75) is 13.0 Å². The molecule has 1 atom stereocenters. The van der Waals surface area contributed by atoms with Crippen LogP contribution in [0.5, 0.6) is 0 Å². The first kappa shape index (κ1) is 20.0. The number of halogens is 2. The molecule has 152 valence electrons. The van der Waals surface area contributed by atoms with Gasteiger partial charge in [0.25, 0.3) is 5.91 Å². The lowest BCUT2D eigenvalue weighted by Crippen LogP contribution is -2.14. The molecule has 3 aromatic rings. The molecule has 0 saturated carbocycles. The van der Waals surface area contributed by atoms with E-state index in [0.717, 1.165) is 39.9 Å². The van der Waals surface area contributed by atoms with Gasteiger partial charge in [-0.05, 0) is 48.4 Å². The lowest BCUT2D eigenvalue weighted by molar-refractivity contribution is 0.102.